The molecule has 0 atom stereocenters. The van der Waals surface area contributed by atoms with Gasteiger partial charge in [0.2, 0.25) is 6.79 Å². The first-order chi connectivity index (χ1) is 9.63. The number of halogens is 1. The maximum atomic E-state index is 9.97. The second-order valence-corrected chi connectivity index (χ2v) is 5.81. The van der Waals surface area contributed by atoms with Gasteiger partial charge in [-0.25, -0.2) is 0 Å². The van der Waals surface area contributed by atoms with Crippen molar-refractivity contribution in [3.63, 3.8) is 0 Å². The molecule has 20 heavy (non-hydrogen) atoms. The third-order valence-corrected chi connectivity index (χ3v) is 4.39. The summed E-state index contributed by atoms with van der Waals surface area (Å²) >= 11 is 2.31. The fraction of sp³-hybridized carbons (Fsp3) is 0.200. The molecule has 0 spiro atoms. The lowest BCUT2D eigenvalue weighted by atomic mass is 10.1. The van der Waals surface area contributed by atoms with Gasteiger partial charge in [-0.3, -0.25) is 0 Å². The number of phenolic OH excluding ortho intramolecular Hbond substituents is 1. The number of rotatable bonds is 3. The predicted molar refractivity (Wildman–Crippen MR) is 85.5 cm³/mol. The van der Waals surface area contributed by atoms with Gasteiger partial charge in [0.05, 0.1) is 0 Å². The molecule has 3 rings (SSSR count). The lowest BCUT2D eigenvalue weighted by molar-refractivity contribution is 0.174. The number of phenols is 1. The van der Waals surface area contributed by atoms with Crippen LogP contribution in [-0.4, -0.2) is 11.9 Å². The average molecular weight is 383 g/mol. The van der Waals surface area contributed by atoms with E-state index in [0.29, 0.717) is 18.0 Å². The predicted octanol–water partition coefficient (Wildman–Crippen LogP) is 3.65. The Kier molecular flexibility index (Phi) is 3.60. The monoisotopic (exact) mass is 383 g/mol. The van der Waals surface area contributed by atoms with E-state index in [-0.39, 0.29) is 12.5 Å². The van der Waals surface area contributed by atoms with Crippen molar-refractivity contribution in [3.8, 4) is 17.2 Å². The van der Waals surface area contributed by atoms with Crippen molar-refractivity contribution >= 4 is 28.3 Å². The summed E-state index contributed by atoms with van der Waals surface area (Å²) in [7, 11) is 0. The average Bonchev–Trinajstić information content (AvgIpc) is 2.87. The minimum atomic E-state index is 0.210. The highest BCUT2D eigenvalue weighted by atomic mass is 127. The zero-order valence-corrected chi connectivity index (χ0v) is 13.1. The number of anilines is 1. The van der Waals surface area contributed by atoms with Crippen LogP contribution in [0.25, 0.3) is 0 Å². The molecule has 0 bridgehead atoms. The van der Waals surface area contributed by atoms with E-state index in [1.807, 2.05) is 12.1 Å². The van der Waals surface area contributed by atoms with Crippen LogP contribution in [-0.2, 0) is 6.54 Å². The molecule has 104 valence electrons. The molecule has 2 aromatic carbocycles. The maximum absolute atomic E-state index is 9.97. The van der Waals surface area contributed by atoms with Crippen LogP contribution < -0.4 is 14.8 Å². The van der Waals surface area contributed by atoms with E-state index in [0.717, 1.165) is 11.3 Å². The molecule has 0 saturated carbocycles. The van der Waals surface area contributed by atoms with E-state index in [9.17, 15) is 5.11 Å². The molecule has 1 aliphatic rings. The molecule has 4 nitrogen and oxygen atoms in total. The minimum Gasteiger partial charge on any atom is -0.507 e. The normalized spacial score (nSPS) is 12.5. The number of benzene rings is 2. The van der Waals surface area contributed by atoms with E-state index >= 15 is 0 Å². The molecule has 2 N–H and O–H groups in total. The molecular weight excluding hydrogens is 369 g/mol. The Morgan fingerprint density at radius 1 is 1.20 bits per heavy atom. The molecule has 0 fully saturated rings. The Bertz CT molecular complexity index is 658. The highest BCUT2D eigenvalue weighted by Crippen LogP contribution is 2.37. The molecule has 1 aliphatic heterocycles. The van der Waals surface area contributed by atoms with Gasteiger partial charge >= 0.3 is 0 Å². The largest absolute Gasteiger partial charge is 0.507 e. The summed E-state index contributed by atoms with van der Waals surface area (Å²) < 4.78 is 11.8. The van der Waals surface area contributed by atoms with Crippen molar-refractivity contribution in [2.75, 3.05) is 12.1 Å². The van der Waals surface area contributed by atoms with Gasteiger partial charge in [0, 0.05) is 27.4 Å². The van der Waals surface area contributed by atoms with Gasteiger partial charge < -0.3 is 19.9 Å². The molecule has 5 heteroatoms. The standard InChI is InChI=1S/C15H14INO3/c1-9-2-3-11(5-12(9)16)17-7-10-4-14-15(6-13(10)18)20-8-19-14/h2-6,17-18H,7-8H2,1H3. The topological polar surface area (TPSA) is 50.7 Å². The fourth-order valence-electron chi connectivity index (χ4n) is 2.02. The summed E-state index contributed by atoms with van der Waals surface area (Å²) in [5.74, 6) is 1.48. The number of hydrogen-bond acceptors (Lipinski definition) is 4. The van der Waals surface area contributed by atoms with Crippen molar-refractivity contribution in [2.45, 2.75) is 13.5 Å². The van der Waals surface area contributed by atoms with Crippen LogP contribution in [0.1, 0.15) is 11.1 Å². The highest BCUT2D eigenvalue weighted by molar-refractivity contribution is 14.1. The first-order valence-electron chi connectivity index (χ1n) is 6.25. The third-order valence-electron chi connectivity index (χ3n) is 3.23. The van der Waals surface area contributed by atoms with E-state index in [1.165, 1.54) is 9.13 Å². The number of fused-ring (bicyclic) bond motifs is 1. The summed E-state index contributed by atoms with van der Waals surface area (Å²) in [4.78, 5) is 0. The quantitative estimate of drug-likeness (QED) is 0.795. The summed E-state index contributed by atoms with van der Waals surface area (Å²) in [6.45, 7) is 2.82. The molecule has 0 aliphatic carbocycles. The van der Waals surface area contributed by atoms with E-state index in [2.05, 4.69) is 47.0 Å². The first kappa shape index (κ1) is 13.4. The van der Waals surface area contributed by atoms with Crippen molar-refractivity contribution < 1.29 is 14.6 Å². The molecule has 0 unspecified atom stereocenters. The zero-order chi connectivity index (χ0) is 14.1. The number of hydrogen-bond donors (Lipinski definition) is 2. The first-order valence-corrected chi connectivity index (χ1v) is 7.33. The van der Waals surface area contributed by atoms with E-state index in [1.54, 1.807) is 6.07 Å². The molecule has 0 saturated heterocycles. The SMILES string of the molecule is Cc1ccc(NCc2cc3c(cc2O)OCO3)cc1I. The van der Waals surface area contributed by atoms with Crippen molar-refractivity contribution in [1.82, 2.24) is 0 Å². The smallest absolute Gasteiger partial charge is 0.231 e. The van der Waals surface area contributed by atoms with Crippen LogP contribution in [0.5, 0.6) is 17.2 Å². The summed E-state index contributed by atoms with van der Waals surface area (Å²) in [5, 5.41) is 13.3. The molecular formula is C15H14INO3. The molecule has 0 aromatic heterocycles. The van der Waals surface area contributed by atoms with Gasteiger partial charge in [0.1, 0.15) is 5.75 Å². The third kappa shape index (κ3) is 2.63. The summed E-state index contributed by atoms with van der Waals surface area (Å²) in [6.07, 6.45) is 0. The Balaban J connectivity index is 1.76. The lowest BCUT2D eigenvalue weighted by Gasteiger charge is -2.10. The van der Waals surface area contributed by atoms with Gasteiger partial charge in [-0.05, 0) is 53.3 Å². The van der Waals surface area contributed by atoms with Crippen LogP contribution in [0, 0.1) is 10.5 Å². The van der Waals surface area contributed by atoms with Crippen LogP contribution >= 0.6 is 22.6 Å². The number of aromatic hydroxyl groups is 1. The molecule has 0 radical (unpaired) electrons. The second-order valence-electron chi connectivity index (χ2n) is 4.65. The Morgan fingerprint density at radius 3 is 2.70 bits per heavy atom. The van der Waals surface area contributed by atoms with Gasteiger partial charge in [0.25, 0.3) is 0 Å². The number of aryl methyl sites for hydroxylation is 1. The maximum Gasteiger partial charge on any atom is 0.231 e. The van der Waals surface area contributed by atoms with Gasteiger partial charge in [-0.15, -0.1) is 0 Å². The number of ether oxygens (including phenoxy) is 2. The van der Waals surface area contributed by atoms with Crippen molar-refractivity contribution in [1.29, 1.82) is 0 Å². The number of nitrogens with one attached hydrogen (secondary N) is 1. The highest BCUT2D eigenvalue weighted by Gasteiger charge is 2.16. The molecule has 1 heterocycles. The van der Waals surface area contributed by atoms with Crippen LogP contribution in [0.2, 0.25) is 0 Å². The fourth-order valence-corrected chi connectivity index (χ4v) is 2.53. The Morgan fingerprint density at radius 2 is 1.95 bits per heavy atom. The molecule has 0 amide bonds. The van der Waals surface area contributed by atoms with Crippen molar-refractivity contribution in [2.24, 2.45) is 0 Å². The zero-order valence-electron chi connectivity index (χ0n) is 10.9. The summed E-state index contributed by atoms with van der Waals surface area (Å²) in [5.41, 5.74) is 3.06. The summed E-state index contributed by atoms with van der Waals surface area (Å²) in [6, 6.07) is 9.59. The van der Waals surface area contributed by atoms with Gasteiger partial charge in [-0.2, -0.15) is 0 Å². The minimum absolute atomic E-state index is 0.210. The van der Waals surface area contributed by atoms with Crippen LogP contribution in [0.4, 0.5) is 5.69 Å². The Hall–Kier alpha value is -1.63. The van der Waals surface area contributed by atoms with E-state index in [4.69, 9.17) is 9.47 Å². The lowest BCUT2D eigenvalue weighted by Crippen LogP contribution is -2.00. The Labute approximate surface area is 130 Å². The molecule has 2 aromatic rings. The van der Waals surface area contributed by atoms with Crippen LogP contribution in [0.15, 0.2) is 30.3 Å². The van der Waals surface area contributed by atoms with Gasteiger partial charge in [0.15, 0.2) is 11.5 Å². The van der Waals surface area contributed by atoms with Crippen molar-refractivity contribution in [3.05, 3.63) is 45.0 Å². The van der Waals surface area contributed by atoms with E-state index < -0.39 is 0 Å². The van der Waals surface area contributed by atoms with Gasteiger partial charge in [-0.1, -0.05) is 6.07 Å². The second kappa shape index (κ2) is 5.40. The van der Waals surface area contributed by atoms with Crippen LogP contribution in [0.3, 0.4) is 0 Å².